The number of carboxylic acid groups (broad SMARTS) is 1. The van der Waals surface area contributed by atoms with Crippen molar-refractivity contribution in [3.05, 3.63) is 24.0 Å². The molecule has 0 spiro atoms. The van der Waals surface area contributed by atoms with Crippen LogP contribution in [0.25, 0.3) is 0 Å². The van der Waals surface area contributed by atoms with Crippen LogP contribution in [0.4, 0.5) is 5.69 Å². The van der Waals surface area contributed by atoms with Gasteiger partial charge < -0.3 is 15.2 Å². The molecule has 0 fully saturated rings. The van der Waals surface area contributed by atoms with E-state index in [0.29, 0.717) is 13.0 Å². The summed E-state index contributed by atoms with van der Waals surface area (Å²) < 4.78 is 4.87. The van der Waals surface area contributed by atoms with Crippen LogP contribution in [0.5, 0.6) is 0 Å². The number of hydrogen-bond acceptors (Lipinski definition) is 4. The second-order valence-electron chi connectivity index (χ2n) is 3.50. The summed E-state index contributed by atoms with van der Waals surface area (Å²) in [4.78, 5) is 15.0. The van der Waals surface area contributed by atoms with Crippen molar-refractivity contribution in [1.29, 1.82) is 0 Å². The van der Waals surface area contributed by atoms with E-state index >= 15 is 0 Å². The molecule has 2 N–H and O–H groups in total. The number of rotatable bonds is 6. The Labute approximate surface area is 94.5 Å². The molecule has 0 aliphatic carbocycles. The fourth-order valence-corrected chi connectivity index (χ4v) is 1.33. The molecule has 0 radical (unpaired) electrons. The number of anilines is 1. The average molecular weight is 224 g/mol. The first-order valence-electron chi connectivity index (χ1n) is 5.04. The molecule has 88 valence electrons. The molecular weight excluding hydrogens is 208 g/mol. The summed E-state index contributed by atoms with van der Waals surface area (Å²) in [6.45, 7) is 2.27. The average Bonchev–Trinajstić information content (AvgIpc) is 2.24. The molecule has 1 aromatic rings. The lowest BCUT2D eigenvalue weighted by Crippen LogP contribution is -2.30. The normalized spacial score (nSPS) is 12.1. The van der Waals surface area contributed by atoms with Gasteiger partial charge in [-0.05, 0) is 19.1 Å². The zero-order chi connectivity index (χ0) is 12.0. The first kappa shape index (κ1) is 12.4. The third kappa shape index (κ3) is 3.86. The third-order valence-corrected chi connectivity index (χ3v) is 2.15. The Morgan fingerprint density at radius 3 is 3.00 bits per heavy atom. The van der Waals surface area contributed by atoms with E-state index in [0.717, 1.165) is 11.4 Å². The number of hydrogen-bond donors (Lipinski definition) is 2. The molecule has 1 rings (SSSR count). The van der Waals surface area contributed by atoms with Crippen LogP contribution in [0.2, 0.25) is 0 Å². The number of carboxylic acids is 1. The Kier molecular flexibility index (Phi) is 4.72. The van der Waals surface area contributed by atoms with Gasteiger partial charge in [-0.15, -0.1) is 0 Å². The largest absolute Gasteiger partial charge is 0.480 e. The van der Waals surface area contributed by atoms with Gasteiger partial charge in [-0.2, -0.15) is 0 Å². The second kappa shape index (κ2) is 6.07. The number of nitrogens with one attached hydrogen (secondary N) is 1. The van der Waals surface area contributed by atoms with E-state index in [1.165, 1.54) is 0 Å². The minimum Gasteiger partial charge on any atom is -0.480 e. The number of carbonyl (C=O) groups is 1. The van der Waals surface area contributed by atoms with Gasteiger partial charge in [-0.25, -0.2) is 4.79 Å². The highest BCUT2D eigenvalue weighted by atomic mass is 16.5. The summed E-state index contributed by atoms with van der Waals surface area (Å²) >= 11 is 0. The first-order chi connectivity index (χ1) is 7.63. The van der Waals surface area contributed by atoms with E-state index in [2.05, 4.69) is 10.3 Å². The van der Waals surface area contributed by atoms with Gasteiger partial charge in [0.25, 0.3) is 0 Å². The van der Waals surface area contributed by atoms with Crippen molar-refractivity contribution in [2.75, 3.05) is 19.0 Å². The van der Waals surface area contributed by atoms with E-state index in [-0.39, 0.29) is 0 Å². The van der Waals surface area contributed by atoms with E-state index in [9.17, 15) is 4.79 Å². The molecular formula is C11H16N2O3. The molecule has 1 aromatic heterocycles. The molecule has 1 heterocycles. The maximum atomic E-state index is 11.0. The predicted molar refractivity (Wildman–Crippen MR) is 60.5 cm³/mol. The lowest BCUT2D eigenvalue weighted by molar-refractivity contribution is -0.138. The SMILES string of the molecule is COCCC(Nc1ccnc(C)c1)C(=O)O. The molecule has 1 atom stereocenters. The number of pyridine rings is 1. The summed E-state index contributed by atoms with van der Waals surface area (Å²) in [5.74, 6) is -0.883. The van der Waals surface area contributed by atoms with Gasteiger partial charge in [0.1, 0.15) is 6.04 Å². The van der Waals surface area contributed by atoms with Crippen LogP contribution in [0, 0.1) is 6.92 Å². The van der Waals surface area contributed by atoms with Crippen LogP contribution in [-0.2, 0) is 9.53 Å². The molecule has 1 unspecified atom stereocenters. The predicted octanol–water partition coefficient (Wildman–Crippen LogP) is 1.29. The van der Waals surface area contributed by atoms with Crippen molar-refractivity contribution in [3.63, 3.8) is 0 Å². The molecule has 0 aliphatic rings. The van der Waals surface area contributed by atoms with Crippen molar-refractivity contribution in [2.24, 2.45) is 0 Å². The van der Waals surface area contributed by atoms with Crippen LogP contribution in [-0.4, -0.2) is 35.8 Å². The zero-order valence-corrected chi connectivity index (χ0v) is 9.43. The minimum absolute atomic E-state index is 0.411. The highest BCUT2D eigenvalue weighted by Gasteiger charge is 2.16. The summed E-state index contributed by atoms with van der Waals surface area (Å²) in [7, 11) is 1.55. The molecule has 16 heavy (non-hydrogen) atoms. The monoisotopic (exact) mass is 224 g/mol. The van der Waals surface area contributed by atoms with Crippen molar-refractivity contribution in [2.45, 2.75) is 19.4 Å². The molecule has 0 saturated heterocycles. The van der Waals surface area contributed by atoms with E-state index in [4.69, 9.17) is 9.84 Å². The molecule has 0 saturated carbocycles. The second-order valence-corrected chi connectivity index (χ2v) is 3.50. The lowest BCUT2D eigenvalue weighted by Gasteiger charge is -2.15. The summed E-state index contributed by atoms with van der Waals surface area (Å²) in [6.07, 6.45) is 2.07. The number of methoxy groups -OCH3 is 1. The van der Waals surface area contributed by atoms with Crippen LogP contribution in [0.15, 0.2) is 18.3 Å². The highest BCUT2D eigenvalue weighted by molar-refractivity contribution is 5.77. The van der Waals surface area contributed by atoms with Crippen molar-refractivity contribution in [1.82, 2.24) is 4.98 Å². The minimum atomic E-state index is -0.883. The molecule has 0 aromatic carbocycles. The standard InChI is InChI=1S/C11H16N2O3/c1-8-7-9(3-5-12-8)13-10(11(14)15)4-6-16-2/h3,5,7,10H,4,6H2,1-2H3,(H,12,13)(H,14,15). The highest BCUT2D eigenvalue weighted by Crippen LogP contribution is 2.10. The van der Waals surface area contributed by atoms with Crippen molar-refractivity contribution >= 4 is 11.7 Å². The summed E-state index contributed by atoms with van der Waals surface area (Å²) in [5, 5.41) is 11.9. The summed E-state index contributed by atoms with van der Waals surface area (Å²) in [5.41, 5.74) is 1.61. The molecule has 5 heteroatoms. The fraction of sp³-hybridized carbons (Fsp3) is 0.455. The van der Waals surface area contributed by atoms with E-state index in [1.807, 2.05) is 13.0 Å². The number of aliphatic carboxylic acids is 1. The quantitative estimate of drug-likeness (QED) is 0.761. The maximum Gasteiger partial charge on any atom is 0.326 e. The maximum absolute atomic E-state index is 11.0. The zero-order valence-electron chi connectivity index (χ0n) is 9.43. The van der Waals surface area contributed by atoms with Gasteiger partial charge in [-0.3, -0.25) is 4.98 Å². The van der Waals surface area contributed by atoms with Crippen LogP contribution in [0.3, 0.4) is 0 Å². The van der Waals surface area contributed by atoms with E-state index in [1.54, 1.807) is 19.4 Å². The smallest absolute Gasteiger partial charge is 0.326 e. The number of aryl methyl sites for hydroxylation is 1. The molecule has 0 bridgehead atoms. The Balaban J connectivity index is 2.64. The topological polar surface area (TPSA) is 71.5 Å². The van der Waals surface area contributed by atoms with Gasteiger partial charge in [0.05, 0.1) is 0 Å². The number of aromatic nitrogens is 1. The third-order valence-electron chi connectivity index (χ3n) is 2.15. The molecule has 0 aliphatic heterocycles. The summed E-state index contributed by atoms with van der Waals surface area (Å²) in [6, 6.07) is 2.92. The van der Waals surface area contributed by atoms with Crippen molar-refractivity contribution in [3.8, 4) is 0 Å². The van der Waals surface area contributed by atoms with E-state index < -0.39 is 12.0 Å². The Morgan fingerprint density at radius 2 is 2.44 bits per heavy atom. The fourth-order valence-electron chi connectivity index (χ4n) is 1.33. The Bertz CT molecular complexity index is 355. The van der Waals surface area contributed by atoms with Gasteiger partial charge in [-0.1, -0.05) is 0 Å². The van der Waals surface area contributed by atoms with Gasteiger partial charge in [0, 0.05) is 37.7 Å². The lowest BCUT2D eigenvalue weighted by atomic mass is 10.2. The molecule has 0 amide bonds. The van der Waals surface area contributed by atoms with Crippen LogP contribution in [0.1, 0.15) is 12.1 Å². The van der Waals surface area contributed by atoms with Crippen LogP contribution >= 0.6 is 0 Å². The number of nitrogens with zero attached hydrogens (tertiary/aromatic N) is 1. The van der Waals surface area contributed by atoms with Crippen molar-refractivity contribution < 1.29 is 14.6 Å². The molecule has 5 nitrogen and oxygen atoms in total. The number of ether oxygens (including phenoxy) is 1. The van der Waals surface area contributed by atoms with Gasteiger partial charge in [0.2, 0.25) is 0 Å². The Morgan fingerprint density at radius 1 is 1.69 bits per heavy atom. The van der Waals surface area contributed by atoms with Gasteiger partial charge >= 0.3 is 5.97 Å². The van der Waals surface area contributed by atoms with Gasteiger partial charge in [0.15, 0.2) is 0 Å². The first-order valence-corrected chi connectivity index (χ1v) is 5.04. The van der Waals surface area contributed by atoms with Crippen LogP contribution < -0.4 is 5.32 Å². The Hall–Kier alpha value is -1.62.